The normalized spacial score (nSPS) is 17.8. The summed E-state index contributed by atoms with van der Waals surface area (Å²) in [7, 11) is 2.09. The Bertz CT molecular complexity index is 486. The molecule has 0 bridgehead atoms. The smallest absolute Gasteiger partial charge is 0.357 e. The minimum atomic E-state index is -2.63. The minimum Gasteiger partial charge on any atom is -0.758 e. The van der Waals surface area contributed by atoms with Crippen molar-refractivity contribution in [3.63, 3.8) is 0 Å². The van der Waals surface area contributed by atoms with Crippen LogP contribution in [0.3, 0.4) is 0 Å². The number of likely N-dealkylation sites (N-methyl/N-ethyl adjacent to an activating group) is 1. The molecule has 1 aliphatic heterocycles. The molecule has 0 aromatic heterocycles. The lowest BCUT2D eigenvalue weighted by Crippen LogP contribution is -2.44. The van der Waals surface area contributed by atoms with Crippen LogP contribution in [0.2, 0.25) is 0 Å². The largest absolute Gasteiger partial charge is 0.758 e. The van der Waals surface area contributed by atoms with E-state index < -0.39 is 17.2 Å². The fraction of sp³-hybridized carbons (Fsp3) is 0.417. The Morgan fingerprint density at radius 2 is 1.85 bits per heavy atom. The molecule has 8 heteroatoms. The molecule has 0 amide bonds. The molecule has 1 saturated heterocycles. The van der Waals surface area contributed by atoms with E-state index in [1.807, 2.05) is 12.1 Å². The van der Waals surface area contributed by atoms with Gasteiger partial charge < -0.3 is 19.2 Å². The van der Waals surface area contributed by atoms with Crippen molar-refractivity contribution in [1.82, 2.24) is 9.79 Å². The number of hydrogen-bond donors (Lipinski definition) is 1. The summed E-state index contributed by atoms with van der Waals surface area (Å²) in [5.74, 6) is -0.737. The summed E-state index contributed by atoms with van der Waals surface area (Å²) in [6, 6.07) is 6.89. The summed E-state index contributed by atoms with van der Waals surface area (Å²) in [4.78, 5) is 21.9. The third-order valence-electron chi connectivity index (χ3n) is 3.17. The number of hydrogen-bond acceptors (Lipinski definition) is 6. The predicted octanol–water partition coefficient (Wildman–Crippen LogP) is -0.106. The van der Waals surface area contributed by atoms with Crippen molar-refractivity contribution >= 4 is 22.9 Å². The standard InChI is InChI=1S/C12H17N3O4S/c1-14-6-8-15(9-7-14)11-4-2-10(3-5-11)12(16)19-13-20(17)18/h2-5,13H,6-9H2,1H3,(H,17,18)/p-1. The van der Waals surface area contributed by atoms with Crippen LogP contribution in [0.1, 0.15) is 10.4 Å². The number of nitrogens with one attached hydrogen (secondary N) is 1. The molecule has 0 radical (unpaired) electrons. The van der Waals surface area contributed by atoms with E-state index in [-0.39, 0.29) is 0 Å². The Hall–Kier alpha value is -1.48. The number of anilines is 1. The van der Waals surface area contributed by atoms with Crippen molar-refractivity contribution in [3.05, 3.63) is 29.8 Å². The summed E-state index contributed by atoms with van der Waals surface area (Å²) >= 11 is -2.63. The van der Waals surface area contributed by atoms with Gasteiger partial charge in [0.15, 0.2) is 0 Å². The summed E-state index contributed by atoms with van der Waals surface area (Å²) in [5.41, 5.74) is 1.33. The van der Waals surface area contributed by atoms with Gasteiger partial charge in [-0.15, -0.1) is 0 Å². The molecule has 1 fully saturated rings. The van der Waals surface area contributed by atoms with Crippen molar-refractivity contribution in [2.45, 2.75) is 0 Å². The van der Waals surface area contributed by atoms with Gasteiger partial charge in [-0.2, -0.15) is 0 Å². The van der Waals surface area contributed by atoms with E-state index in [1.54, 1.807) is 17.0 Å². The number of nitrogens with zero attached hydrogens (tertiary/aromatic N) is 2. The molecular formula is C12H16N3O4S-. The highest BCUT2D eigenvalue weighted by Crippen LogP contribution is 2.17. The first kappa shape index (κ1) is 14.9. The van der Waals surface area contributed by atoms with Crippen LogP contribution in [0.4, 0.5) is 5.69 Å². The molecule has 1 aliphatic rings. The van der Waals surface area contributed by atoms with Crippen molar-refractivity contribution in [1.29, 1.82) is 0 Å². The molecule has 2 rings (SSSR count). The lowest BCUT2D eigenvalue weighted by molar-refractivity contribution is 0.0404. The van der Waals surface area contributed by atoms with Crippen molar-refractivity contribution in [2.24, 2.45) is 0 Å². The zero-order valence-corrected chi connectivity index (χ0v) is 11.9. The van der Waals surface area contributed by atoms with Gasteiger partial charge in [0.25, 0.3) is 0 Å². The van der Waals surface area contributed by atoms with Crippen LogP contribution in [0.25, 0.3) is 0 Å². The molecule has 1 aromatic rings. The molecule has 1 atom stereocenters. The van der Waals surface area contributed by atoms with Crippen LogP contribution in [-0.2, 0) is 16.1 Å². The van der Waals surface area contributed by atoms with Crippen molar-refractivity contribution in [3.8, 4) is 0 Å². The lowest BCUT2D eigenvalue weighted by atomic mass is 10.2. The van der Waals surface area contributed by atoms with Crippen molar-refractivity contribution < 1.29 is 18.4 Å². The van der Waals surface area contributed by atoms with E-state index in [0.717, 1.165) is 31.9 Å². The molecular weight excluding hydrogens is 282 g/mol. The van der Waals surface area contributed by atoms with Crippen LogP contribution < -0.4 is 9.79 Å². The maximum absolute atomic E-state index is 11.5. The van der Waals surface area contributed by atoms with E-state index in [4.69, 9.17) is 0 Å². The Morgan fingerprint density at radius 1 is 1.25 bits per heavy atom. The van der Waals surface area contributed by atoms with Crippen LogP contribution in [-0.4, -0.2) is 52.9 Å². The van der Waals surface area contributed by atoms with Gasteiger partial charge >= 0.3 is 5.97 Å². The van der Waals surface area contributed by atoms with Gasteiger partial charge in [0, 0.05) is 31.9 Å². The lowest BCUT2D eigenvalue weighted by Gasteiger charge is -2.34. The van der Waals surface area contributed by atoms with Crippen LogP contribution in [0, 0.1) is 0 Å². The monoisotopic (exact) mass is 298 g/mol. The summed E-state index contributed by atoms with van der Waals surface area (Å²) in [6.45, 7) is 3.89. The van der Waals surface area contributed by atoms with Gasteiger partial charge in [-0.3, -0.25) is 4.21 Å². The van der Waals surface area contributed by atoms with Gasteiger partial charge in [-0.1, -0.05) is 4.89 Å². The second-order valence-corrected chi connectivity index (χ2v) is 5.18. The highest BCUT2D eigenvalue weighted by atomic mass is 32.2. The van der Waals surface area contributed by atoms with Gasteiger partial charge in [-0.05, 0) is 31.3 Å². The Balaban J connectivity index is 1.95. The zero-order chi connectivity index (χ0) is 14.5. The number of piperazine rings is 1. The van der Waals surface area contributed by atoms with Gasteiger partial charge in [0.2, 0.25) is 0 Å². The highest BCUT2D eigenvalue weighted by molar-refractivity contribution is 7.76. The average Bonchev–Trinajstić information content (AvgIpc) is 2.46. The van der Waals surface area contributed by atoms with Crippen LogP contribution >= 0.6 is 0 Å². The molecule has 20 heavy (non-hydrogen) atoms. The Kier molecular flexibility index (Phi) is 5.07. The summed E-state index contributed by atoms with van der Waals surface area (Å²) < 4.78 is 20.4. The maximum Gasteiger partial charge on any atom is 0.357 e. The predicted molar refractivity (Wildman–Crippen MR) is 73.6 cm³/mol. The molecule has 0 spiro atoms. The second kappa shape index (κ2) is 6.80. The van der Waals surface area contributed by atoms with Gasteiger partial charge in [-0.25, -0.2) is 4.79 Å². The van der Waals surface area contributed by atoms with E-state index in [1.165, 1.54) is 0 Å². The summed E-state index contributed by atoms with van der Waals surface area (Å²) in [5, 5.41) is 0. The Labute approximate surface area is 119 Å². The summed E-state index contributed by atoms with van der Waals surface area (Å²) in [6.07, 6.45) is 0. The van der Waals surface area contributed by atoms with Crippen LogP contribution in [0.15, 0.2) is 24.3 Å². The minimum absolute atomic E-state index is 0.292. The fourth-order valence-electron chi connectivity index (χ4n) is 2.00. The second-order valence-electron chi connectivity index (χ2n) is 4.54. The molecule has 1 heterocycles. The topological polar surface area (TPSA) is 84.9 Å². The molecule has 0 aliphatic carbocycles. The number of benzene rings is 1. The molecule has 1 unspecified atom stereocenters. The molecule has 7 nitrogen and oxygen atoms in total. The van der Waals surface area contributed by atoms with E-state index >= 15 is 0 Å². The maximum atomic E-state index is 11.5. The van der Waals surface area contributed by atoms with Crippen LogP contribution in [0.5, 0.6) is 0 Å². The SMILES string of the molecule is CN1CCN(c2ccc(C(=O)ONS(=O)[O-])cc2)CC1. The molecule has 0 saturated carbocycles. The van der Waals surface area contributed by atoms with E-state index in [2.05, 4.69) is 21.7 Å². The first-order valence-corrected chi connectivity index (χ1v) is 7.23. The molecule has 1 aromatic carbocycles. The first-order chi connectivity index (χ1) is 9.56. The number of carbonyl (C=O) groups is 1. The fourth-order valence-corrected chi connectivity index (χ4v) is 2.15. The molecule has 110 valence electrons. The zero-order valence-electron chi connectivity index (χ0n) is 11.1. The third-order valence-corrected chi connectivity index (χ3v) is 3.39. The van der Waals surface area contributed by atoms with Gasteiger partial charge in [0.1, 0.15) is 0 Å². The number of carbonyl (C=O) groups excluding carboxylic acids is 1. The molecule has 1 N–H and O–H groups in total. The number of rotatable bonds is 4. The highest BCUT2D eigenvalue weighted by Gasteiger charge is 2.15. The average molecular weight is 298 g/mol. The Morgan fingerprint density at radius 3 is 2.40 bits per heavy atom. The first-order valence-electron chi connectivity index (χ1n) is 6.16. The van der Waals surface area contributed by atoms with E-state index in [9.17, 15) is 13.6 Å². The van der Waals surface area contributed by atoms with Gasteiger partial charge in [0.05, 0.1) is 16.8 Å². The van der Waals surface area contributed by atoms with Crippen molar-refractivity contribution in [2.75, 3.05) is 38.1 Å². The third kappa shape index (κ3) is 4.01. The quantitative estimate of drug-likeness (QED) is 0.617. The van der Waals surface area contributed by atoms with E-state index in [0.29, 0.717) is 5.56 Å².